The summed E-state index contributed by atoms with van der Waals surface area (Å²) < 4.78 is 5.73. The van der Waals surface area contributed by atoms with Gasteiger partial charge in [-0.05, 0) is 62.1 Å². The standard InChI is InChI=1S/C24H28N4OS/c1-15(2)29-18-11-9-17(10-12-18)23-26-27-24(30-23)21-8-6-7-20-19(21)13-14-22(20)25-16(3)28(4)5/h6-12,15,22,25H,3,13-14H2,1-2,4-5H3. The number of hydrogen-bond acceptors (Lipinski definition) is 6. The summed E-state index contributed by atoms with van der Waals surface area (Å²) in [5.74, 6) is 1.80. The molecule has 6 heteroatoms. The predicted molar refractivity (Wildman–Crippen MR) is 124 cm³/mol. The molecule has 1 heterocycles. The van der Waals surface area contributed by atoms with E-state index in [9.17, 15) is 0 Å². The highest BCUT2D eigenvalue weighted by atomic mass is 32.1. The largest absolute Gasteiger partial charge is 0.491 e. The Kier molecular flexibility index (Phi) is 5.77. The first-order valence-corrected chi connectivity index (χ1v) is 11.1. The molecule has 1 aliphatic carbocycles. The minimum atomic E-state index is 0.164. The highest BCUT2D eigenvalue weighted by molar-refractivity contribution is 7.17. The van der Waals surface area contributed by atoms with E-state index >= 15 is 0 Å². The molecular weight excluding hydrogens is 392 g/mol. The Labute approximate surface area is 182 Å². The van der Waals surface area contributed by atoms with Gasteiger partial charge in [-0.3, -0.25) is 0 Å². The second-order valence-electron chi connectivity index (χ2n) is 8.05. The summed E-state index contributed by atoms with van der Waals surface area (Å²) >= 11 is 1.64. The lowest BCUT2D eigenvalue weighted by Crippen LogP contribution is -2.27. The number of aromatic nitrogens is 2. The molecule has 0 saturated heterocycles. The van der Waals surface area contributed by atoms with Crippen LogP contribution in [0.4, 0.5) is 0 Å². The van der Waals surface area contributed by atoms with Gasteiger partial charge in [-0.25, -0.2) is 0 Å². The number of hydrogen-bond donors (Lipinski definition) is 1. The SMILES string of the molecule is C=C(NC1CCc2c(-c3nnc(-c4ccc(OC(C)C)cc4)s3)cccc21)N(C)C. The van der Waals surface area contributed by atoms with Crippen molar-refractivity contribution in [3.8, 4) is 26.9 Å². The summed E-state index contributed by atoms with van der Waals surface area (Å²) in [6, 6.07) is 14.8. The Balaban J connectivity index is 1.57. The van der Waals surface area contributed by atoms with Gasteiger partial charge in [0.15, 0.2) is 0 Å². The molecule has 1 atom stereocenters. The summed E-state index contributed by atoms with van der Waals surface area (Å²) in [6.45, 7) is 8.17. The van der Waals surface area contributed by atoms with Crippen molar-refractivity contribution in [2.75, 3.05) is 14.1 Å². The fraction of sp³-hybridized carbons (Fsp3) is 0.333. The zero-order chi connectivity index (χ0) is 21.3. The van der Waals surface area contributed by atoms with Gasteiger partial charge in [0.1, 0.15) is 15.8 Å². The normalized spacial score (nSPS) is 15.2. The summed E-state index contributed by atoms with van der Waals surface area (Å²) in [4.78, 5) is 2.01. The van der Waals surface area contributed by atoms with Crippen LogP contribution in [0, 0.1) is 0 Å². The molecule has 1 N–H and O–H groups in total. The minimum absolute atomic E-state index is 0.164. The van der Waals surface area contributed by atoms with Gasteiger partial charge in [0.2, 0.25) is 0 Å². The van der Waals surface area contributed by atoms with Crippen molar-refractivity contribution < 1.29 is 4.74 Å². The zero-order valence-electron chi connectivity index (χ0n) is 18.0. The Morgan fingerprint density at radius 2 is 1.87 bits per heavy atom. The zero-order valence-corrected chi connectivity index (χ0v) is 18.8. The van der Waals surface area contributed by atoms with Gasteiger partial charge in [-0.2, -0.15) is 0 Å². The molecule has 0 aliphatic heterocycles. The second kappa shape index (κ2) is 8.48. The molecule has 1 aliphatic rings. The van der Waals surface area contributed by atoms with Gasteiger partial charge < -0.3 is 15.0 Å². The van der Waals surface area contributed by atoms with Crippen molar-refractivity contribution in [2.45, 2.75) is 38.8 Å². The van der Waals surface area contributed by atoms with Crippen LogP contribution in [0.5, 0.6) is 5.75 Å². The molecule has 156 valence electrons. The van der Waals surface area contributed by atoms with Crippen LogP contribution in [0.25, 0.3) is 21.1 Å². The highest BCUT2D eigenvalue weighted by Gasteiger charge is 2.26. The first-order valence-electron chi connectivity index (χ1n) is 10.3. The first kappa shape index (κ1) is 20.4. The predicted octanol–water partition coefficient (Wildman–Crippen LogP) is 5.27. The molecule has 3 aromatic rings. The number of nitrogens with one attached hydrogen (secondary N) is 1. The van der Waals surface area contributed by atoms with Gasteiger partial charge in [-0.1, -0.05) is 36.1 Å². The van der Waals surface area contributed by atoms with Crippen LogP contribution >= 0.6 is 11.3 Å². The average Bonchev–Trinajstić information content (AvgIpc) is 3.36. The Hall–Kier alpha value is -2.86. The van der Waals surface area contributed by atoms with Crippen LogP contribution < -0.4 is 10.1 Å². The van der Waals surface area contributed by atoms with E-state index < -0.39 is 0 Å². The van der Waals surface area contributed by atoms with Crippen molar-refractivity contribution >= 4 is 11.3 Å². The lowest BCUT2D eigenvalue weighted by Gasteiger charge is -2.22. The third-order valence-corrected chi connectivity index (χ3v) is 6.29. The van der Waals surface area contributed by atoms with E-state index in [2.05, 4.69) is 40.3 Å². The molecule has 0 amide bonds. The van der Waals surface area contributed by atoms with E-state index in [0.717, 1.165) is 40.0 Å². The molecule has 0 radical (unpaired) electrons. The summed E-state index contributed by atoms with van der Waals surface area (Å²) in [7, 11) is 4.01. The summed E-state index contributed by atoms with van der Waals surface area (Å²) in [6.07, 6.45) is 2.25. The monoisotopic (exact) mass is 420 g/mol. The maximum Gasteiger partial charge on any atom is 0.148 e. The summed E-state index contributed by atoms with van der Waals surface area (Å²) in [5.41, 5.74) is 4.95. The quantitative estimate of drug-likeness (QED) is 0.564. The van der Waals surface area contributed by atoms with E-state index in [1.807, 2.05) is 57.1 Å². The molecule has 1 unspecified atom stereocenters. The smallest absolute Gasteiger partial charge is 0.148 e. The third-order valence-electron chi connectivity index (χ3n) is 5.28. The molecule has 0 fully saturated rings. The number of nitrogens with zero attached hydrogens (tertiary/aromatic N) is 3. The van der Waals surface area contributed by atoms with Crippen molar-refractivity contribution in [3.05, 3.63) is 66.0 Å². The maximum absolute atomic E-state index is 5.73. The van der Waals surface area contributed by atoms with Gasteiger partial charge in [-0.15, -0.1) is 10.2 Å². The lowest BCUT2D eigenvalue weighted by molar-refractivity contribution is 0.242. The highest BCUT2D eigenvalue weighted by Crippen LogP contribution is 2.40. The molecule has 0 spiro atoms. The van der Waals surface area contributed by atoms with Crippen molar-refractivity contribution in [3.63, 3.8) is 0 Å². The van der Waals surface area contributed by atoms with E-state index in [4.69, 9.17) is 4.74 Å². The molecule has 4 rings (SSSR count). The molecule has 1 aromatic heterocycles. The Bertz CT molecular complexity index is 1040. The van der Waals surface area contributed by atoms with Gasteiger partial charge in [0, 0.05) is 25.2 Å². The van der Waals surface area contributed by atoms with E-state index in [1.165, 1.54) is 16.7 Å². The Morgan fingerprint density at radius 3 is 2.57 bits per heavy atom. The van der Waals surface area contributed by atoms with Gasteiger partial charge >= 0.3 is 0 Å². The van der Waals surface area contributed by atoms with Gasteiger partial charge in [0.05, 0.1) is 18.0 Å². The molecule has 0 bridgehead atoms. The summed E-state index contributed by atoms with van der Waals surface area (Å²) in [5, 5.41) is 14.4. The number of fused-ring (bicyclic) bond motifs is 1. The molecule has 2 aromatic carbocycles. The van der Waals surface area contributed by atoms with Crippen LogP contribution in [0.3, 0.4) is 0 Å². The fourth-order valence-corrected chi connectivity index (χ4v) is 4.63. The van der Waals surface area contributed by atoms with Crippen LogP contribution in [-0.2, 0) is 6.42 Å². The first-order chi connectivity index (χ1) is 14.4. The van der Waals surface area contributed by atoms with Crippen molar-refractivity contribution in [1.82, 2.24) is 20.4 Å². The fourth-order valence-electron chi connectivity index (χ4n) is 3.73. The van der Waals surface area contributed by atoms with E-state index in [-0.39, 0.29) is 12.1 Å². The van der Waals surface area contributed by atoms with Crippen molar-refractivity contribution in [2.24, 2.45) is 0 Å². The van der Waals surface area contributed by atoms with Crippen LogP contribution in [0.1, 0.15) is 37.4 Å². The van der Waals surface area contributed by atoms with E-state index in [1.54, 1.807) is 11.3 Å². The molecule has 5 nitrogen and oxygen atoms in total. The van der Waals surface area contributed by atoms with Crippen LogP contribution in [0.15, 0.2) is 54.9 Å². The van der Waals surface area contributed by atoms with Crippen LogP contribution in [0.2, 0.25) is 0 Å². The minimum Gasteiger partial charge on any atom is -0.491 e. The maximum atomic E-state index is 5.73. The average molecular weight is 421 g/mol. The molecule has 30 heavy (non-hydrogen) atoms. The molecular formula is C24H28N4OS. The van der Waals surface area contributed by atoms with E-state index in [0.29, 0.717) is 0 Å². The van der Waals surface area contributed by atoms with Crippen molar-refractivity contribution in [1.29, 1.82) is 0 Å². The number of ether oxygens (including phenoxy) is 1. The molecule has 0 saturated carbocycles. The number of benzene rings is 2. The third kappa shape index (κ3) is 4.19. The topological polar surface area (TPSA) is 50.3 Å². The van der Waals surface area contributed by atoms with Gasteiger partial charge in [0.25, 0.3) is 0 Å². The second-order valence-corrected chi connectivity index (χ2v) is 9.03. The number of rotatable bonds is 7. The lowest BCUT2D eigenvalue weighted by atomic mass is 10.0. The van der Waals surface area contributed by atoms with Crippen LogP contribution in [-0.4, -0.2) is 35.3 Å². The Morgan fingerprint density at radius 1 is 1.13 bits per heavy atom.